The molecule has 1 fully saturated rings. The molecule has 1 saturated heterocycles. The van der Waals surface area contributed by atoms with Crippen LogP contribution in [0.4, 0.5) is 0 Å². The summed E-state index contributed by atoms with van der Waals surface area (Å²) in [5.74, 6) is -0.555. The second-order valence-corrected chi connectivity index (χ2v) is 7.90. The quantitative estimate of drug-likeness (QED) is 0.598. The number of esters is 1. The first-order chi connectivity index (χ1) is 14.6. The van der Waals surface area contributed by atoms with Crippen LogP contribution in [0.1, 0.15) is 38.7 Å². The summed E-state index contributed by atoms with van der Waals surface area (Å²) in [6.45, 7) is 1.47. The molecule has 3 heterocycles. The van der Waals surface area contributed by atoms with Gasteiger partial charge in [-0.25, -0.2) is 9.48 Å². The van der Waals surface area contributed by atoms with E-state index in [0.29, 0.717) is 47.8 Å². The number of hydrogen-bond acceptors (Lipinski definition) is 6. The number of ether oxygens (including phenoxy) is 2. The number of carbonyl (C=O) groups excluding carboxylic acids is 2. The Balaban J connectivity index is 1.49. The molecule has 1 amide bonds. The van der Waals surface area contributed by atoms with Crippen LogP contribution in [0, 0.1) is 0 Å². The maximum atomic E-state index is 13.3. The van der Waals surface area contributed by atoms with Crippen LogP contribution in [0.3, 0.4) is 0 Å². The molecule has 0 saturated carbocycles. The first-order valence-corrected chi connectivity index (χ1v) is 10.0. The van der Waals surface area contributed by atoms with E-state index in [1.165, 1.54) is 7.11 Å². The molecule has 0 N–H and O–H groups in total. The van der Waals surface area contributed by atoms with Crippen molar-refractivity contribution in [2.45, 2.75) is 25.0 Å². The number of hydrogen-bond donors (Lipinski definition) is 0. The van der Waals surface area contributed by atoms with Gasteiger partial charge in [0.05, 0.1) is 36.9 Å². The van der Waals surface area contributed by atoms with E-state index in [4.69, 9.17) is 21.1 Å². The monoisotopic (exact) mass is 426 g/mol. The molecule has 0 bridgehead atoms. The Morgan fingerprint density at radius 3 is 2.93 bits per heavy atom. The van der Waals surface area contributed by atoms with Gasteiger partial charge in [0.2, 0.25) is 0 Å². The minimum atomic E-state index is -0.458. The van der Waals surface area contributed by atoms with E-state index < -0.39 is 5.97 Å². The summed E-state index contributed by atoms with van der Waals surface area (Å²) in [7, 11) is 1.33. The van der Waals surface area contributed by atoms with E-state index in [-0.39, 0.29) is 18.0 Å². The van der Waals surface area contributed by atoms with E-state index in [1.54, 1.807) is 24.3 Å². The molecular weight excluding hydrogens is 408 g/mol. The minimum absolute atomic E-state index is 0.0971. The molecule has 30 heavy (non-hydrogen) atoms. The Morgan fingerprint density at radius 1 is 1.23 bits per heavy atom. The number of carbonyl (C=O) groups is 2. The van der Waals surface area contributed by atoms with Crippen molar-refractivity contribution in [1.82, 2.24) is 19.9 Å². The summed E-state index contributed by atoms with van der Waals surface area (Å²) in [6.07, 6.45) is 0.684. The molecule has 0 spiro atoms. The maximum absolute atomic E-state index is 13.3. The molecule has 0 radical (unpaired) electrons. The summed E-state index contributed by atoms with van der Waals surface area (Å²) in [5.41, 5.74) is 3.35. The van der Waals surface area contributed by atoms with Crippen LogP contribution in [-0.2, 0) is 16.0 Å². The molecular formula is C21H19ClN4O4. The molecule has 0 aliphatic carbocycles. The Kier molecular flexibility index (Phi) is 4.67. The molecule has 2 aliphatic rings. The molecule has 2 aromatic carbocycles. The third-order valence-electron chi connectivity index (χ3n) is 5.80. The fourth-order valence-electron chi connectivity index (χ4n) is 4.30. The van der Waals surface area contributed by atoms with Gasteiger partial charge in [-0.05, 0) is 42.3 Å². The summed E-state index contributed by atoms with van der Waals surface area (Å²) in [4.78, 5) is 27.0. The lowest BCUT2D eigenvalue weighted by atomic mass is 10.0. The van der Waals surface area contributed by atoms with Gasteiger partial charge in [0.15, 0.2) is 0 Å². The van der Waals surface area contributed by atoms with Crippen molar-refractivity contribution >= 4 is 34.5 Å². The normalized spacial score (nSPS) is 21.1. The van der Waals surface area contributed by atoms with Crippen molar-refractivity contribution in [3.05, 3.63) is 58.1 Å². The Labute approximate surface area is 177 Å². The van der Waals surface area contributed by atoms with Gasteiger partial charge >= 0.3 is 5.97 Å². The zero-order valence-corrected chi connectivity index (χ0v) is 17.0. The average Bonchev–Trinajstić information content (AvgIpc) is 3.33. The van der Waals surface area contributed by atoms with Crippen LogP contribution in [0.2, 0.25) is 5.02 Å². The molecule has 1 aromatic heterocycles. The molecule has 5 rings (SSSR count). The third-order valence-corrected chi connectivity index (χ3v) is 6.04. The van der Waals surface area contributed by atoms with Crippen molar-refractivity contribution in [2.75, 3.05) is 20.3 Å². The molecule has 3 aromatic rings. The first-order valence-electron chi connectivity index (χ1n) is 9.67. The zero-order valence-electron chi connectivity index (χ0n) is 16.2. The Morgan fingerprint density at radius 2 is 2.10 bits per heavy atom. The van der Waals surface area contributed by atoms with E-state index in [0.717, 1.165) is 11.1 Å². The van der Waals surface area contributed by atoms with E-state index in [1.807, 2.05) is 21.7 Å². The number of amides is 1. The lowest BCUT2D eigenvalue weighted by Gasteiger charge is -2.37. The summed E-state index contributed by atoms with van der Waals surface area (Å²) in [5, 5.41) is 9.16. The van der Waals surface area contributed by atoms with Gasteiger partial charge in [0, 0.05) is 23.7 Å². The SMILES string of the molecule is COC(=O)c1ccc2c(c1)C(=O)N([C@@H]1CCOC[C@H]1n1nnc3cc(Cl)ccc31)C2. The largest absolute Gasteiger partial charge is 0.465 e. The summed E-state index contributed by atoms with van der Waals surface area (Å²) < 4.78 is 12.3. The highest BCUT2D eigenvalue weighted by Crippen LogP contribution is 2.34. The van der Waals surface area contributed by atoms with Crippen LogP contribution < -0.4 is 0 Å². The number of rotatable bonds is 3. The van der Waals surface area contributed by atoms with E-state index in [2.05, 4.69) is 10.3 Å². The molecule has 2 aliphatic heterocycles. The second-order valence-electron chi connectivity index (χ2n) is 7.46. The third kappa shape index (κ3) is 3.03. The highest BCUT2D eigenvalue weighted by Gasteiger charge is 2.40. The van der Waals surface area contributed by atoms with Crippen LogP contribution in [0.15, 0.2) is 36.4 Å². The van der Waals surface area contributed by atoms with Gasteiger partial charge in [0.1, 0.15) is 5.52 Å². The number of benzene rings is 2. The topological polar surface area (TPSA) is 86.5 Å². The molecule has 154 valence electrons. The lowest BCUT2D eigenvalue weighted by molar-refractivity contribution is -0.00547. The van der Waals surface area contributed by atoms with Gasteiger partial charge < -0.3 is 14.4 Å². The first kappa shape index (κ1) is 19.0. The van der Waals surface area contributed by atoms with Gasteiger partial charge in [-0.3, -0.25) is 4.79 Å². The predicted octanol–water partition coefficient (Wildman–Crippen LogP) is 2.86. The van der Waals surface area contributed by atoms with Gasteiger partial charge in [-0.2, -0.15) is 0 Å². The summed E-state index contributed by atoms with van der Waals surface area (Å²) in [6, 6.07) is 10.3. The molecule has 9 heteroatoms. The van der Waals surface area contributed by atoms with Gasteiger partial charge in [-0.1, -0.05) is 22.9 Å². The number of fused-ring (bicyclic) bond motifs is 2. The predicted molar refractivity (Wildman–Crippen MR) is 108 cm³/mol. The summed E-state index contributed by atoms with van der Waals surface area (Å²) >= 11 is 6.07. The Hall–Kier alpha value is -2.97. The highest BCUT2D eigenvalue weighted by atomic mass is 35.5. The minimum Gasteiger partial charge on any atom is -0.465 e. The van der Waals surface area contributed by atoms with Crippen molar-refractivity contribution in [3.8, 4) is 0 Å². The van der Waals surface area contributed by atoms with E-state index >= 15 is 0 Å². The van der Waals surface area contributed by atoms with Crippen molar-refractivity contribution in [1.29, 1.82) is 0 Å². The number of methoxy groups -OCH3 is 1. The lowest BCUT2D eigenvalue weighted by Crippen LogP contribution is -2.47. The van der Waals surface area contributed by atoms with Crippen molar-refractivity contribution < 1.29 is 19.1 Å². The highest BCUT2D eigenvalue weighted by molar-refractivity contribution is 6.31. The van der Waals surface area contributed by atoms with Crippen molar-refractivity contribution in [2.24, 2.45) is 0 Å². The second kappa shape index (κ2) is 7.37. The molecule has 0 unspecified atom stereocenters. The smallest absolute Gasteiger partial charge is 0.337 e. The average molecular weight is 427 g/mol. The van der Waals surface area contributed by atoms with Crippen LogP contribution in [-0.4, -0.2) is 58.1 Å². The molecule has 8 nitrogen and oxygen atoms in total. The van der Waals surface area contributed by atoms with Crippen LogP contribution >= 0.6 is 11.6 Å². The molecule has 2 atom stereocenters. The van der Waals surface area contributed by atoms with Gasteiger partial charge in [-0.15, -0.1) is 5.10 Å². The van der Waals surface area contributed by atoms with Gasteiger partial charge in [0.25, 0.3) is 5.91 Å². The zero-order chi connectivity index (χ0) is 20.8. The maximum Gasteiger partial charge on any atom is 0.337 e. The number of halogens is 1. The number of aromatic nitrogens is 3. The fraction of sp³-hybridized carbons (Fsp3) is 0.333. The number of nitrogens with zero attached hydrogens (tertiary/aromatic N) is 4. The van der Waals surface area contributed by atoms with Crippen molar-refractivity contribution in [3.63, 3.8) is 0 Å². The van der Waals surface area contributed by atoms with Crippen LogP contribution in [0.5, 0.6) is 0 Å². The standard InChI is InChI=1S/C21H19ClN4O4/c1-29-21(28)12-2-3-13-10-25(20(27)15(13)8-12)18-6-7-30-11-19(18)26-17-5-4-14(22)9-16(17)23-24-26/h2-5,8-9,18-19H,6-7,10-11H2,1H3/t18-,19-/m1/s1. The van der Waals surface area contributed by atoms with Crippen LogP contribution in [0.25, 0.3) is 11.0 Å². The van der Waals surface area contributed by atoms with E-state index in [9.17, 15) is 9.59 Å². The Bertz CT molecular complexity index is 1160. The fourth-order valence-corrected chi connectivity index (χ4v) is 4.47.